The van der Waals surface area contributed by atoms with Gasteiger partial charge in [0, 0.05) is 24.3 Å². The molecule has 0 saturated carbocycles. The molecule has 0 saturated heterocycles. The van der Waals surface area contributed by atoms with Crippen molar-refractivity contribution in [1.82, 2.24) is 10.9 Å². The molecule has 2 aromatic heterocycles. The molecule has 0 spiro atoms. The molecule has 2 aromatic rings. The molecule has 2 rings (SSSR count). The Labute approximate surface area is 183 Å². The minimum absolute atomic E-state index is 0. The van der Waals surface area contributed by atoms with Crippen LogP contribution in [0.1, 0.15) is 11.4 Å². The van der Waals surface area contributed by atoms with Gasteiger partial charge in [-0.25, -0.2) is 62.9 Å². The SMILES string of the molecule is O.O.O=C(N/N=C/c1cccc[nH+]1)N/N=C/c1cccc[nH+]1.[O-][Cl+3]([O-])([O-])[O-].[O-][Cl+3]([O-])([O-])[O-]. The Balaban J connectivity index is -0.000000593. The van der Waals surface area contributed by atoms with E-state index in [1.165, 1.54) is 12.4 Å². The van der Waals surface area contributed by atoms with E-state index in [0.717, 1.165) is 11.4 Å². The fourth-order valence-corrected chi connectivity index (χ4v) is 1.32. The van der Waals surface area contributed by atoms with Gasteiger partial charge in [0.1, 0.15) is 12.4 Å². The second-order valence-corrected chi connectivity index (χ2v) is 5.97. The first-order valence-electron chi connectivity index (χ1n) is 7.13. The van der Waals surface area contributed by atoms with Crippen LogP contribution in [0.4, 0.5) is 4.79 Å². The molecule has 8 N–H and O–H groups in total. The van der Waals surface area contributed by atoms with Gasteiger partial charge in [0.05, 0.1) is 0 Å². The molecule has 19 heteroatoms. The summed E-state index contributed by atoms with van der Waals surface area (Å²) in [6.45, 7) is 0. The number of aromatic nitrogens is 2. The number of aromatic amines is 2. The molecule has 32 heavy (non-hydrogen) atoms. The van der Waals surface area contributed by atoms with Crippen molar-refractivity contribution in [1.29, 1.82) is 0 Å². The highest BCUT2D eigenvalue weighted by atomic mass is 35.7. The number of amides is 2. The third kappa shape index (κ3) is 29.3. The first-order chi connectivity index (χ1) is 13.8. The maximum absolute atomic E-state index is 11.4. The van der Waals surface area contributed by atoms with Crippen LogP contribution in [0, 0.1) is 20.5 Å². The summed E-state index contributed by atoms with van der Waals surface area (Å²) in [5, 5.41) is 7.53. The van der Waals surface area contributed by atoms with Gasteiger partial charge in [-0.3, -0.25) is 0 Å². The molecular weight excluding hydrogens is 487 g/mol. The van der Waals surface area contributed by atoms with Crippen molar-refractivity contribution >= 4 is 18.5 Å². The molecule has 0 unspecified atom stereocenters. The molecule has 0 atom stereocenters. The van der Waals surface area contributed by atoms with E-state index in [1.54, 1.807) is 12.4 Å². The summed E-state index contributed by atoms with van der Waals surface area (Å²) in [7, 11) is -9.89. The Hall–Kier alpha value is -2.91. The number of urea groups is 1. The minimum Gasteiger partial charge on any atom is -0.412 e. The van der Waals surface area contributed by atoms with Crippen molar-refractivity contribution < 1.29 is 83.5 Å². The molecule has 0 aliphatic rings. The number of hydrogen-bond donors (Lipinski definition) is 2. The Bertz CT molecular complexity index is 711. The van der Waals surface area contributed by atoms with E-state index >= 15 is 0 Å². The predicted octanol–water partition coefficient (Wildman–Crippen LogP) is -11.2. The van der Waals surface area contributed by atoms with Crippen LogP contribution in [0.2, 0.25) is 0 Å². The first-order valence-corrected chi connectivity index (χ1v) is 9.60. The molecule has 2 amide bonds. The number of H-pyrrole nitrogens is 2. The van der Waals surface area contributed by atoms with Crippen molar-refractivity contribution in [3.63, 3.8) is 0 Å². The number of halogens is 2. The third-order valence-electron chi connectivity index (χ3n) is 2.21. The van der Waals surface area contributed by atoms with Gasteiger partial charge in [0.2, 0.25) is 11.4 Å². The van der Waals surface area contributed by atoms with Gasteiger partial charge in [0.25, 0.3) is 0 Å². The molecule has 0 aliphatic carbocycles. The van der Waals surface area contributed by atoms with Crippen LogP contribution in [-0.2, 0) is 0 Å². The molecule has 2 heterocycles. The molecule has 0 radical (unpaired) electrons. The summed E-state index contributed by atoms with van der Waals surface area (Å²) in [6.07, 6.45) is 6.52. The second-order valence-electron chi connectivity index (χ2n) is 4.46. The number of carbonyl (C=O) groups excluding carboxylic acids is 1. The van der Waals surface area contributed by atoms with Gasteiger partial charge < -0.3 is 11.0 Å². The van der Waals surface area contributed by atoms with Crippen molar-refractivity contribution in [3.8, 4) is 0 Å². The molecule has 0 bridgehead atoms. The summed E-state index contributed by atoms with van der Waals surface area (Å²) >= 11 is 0. The van der Waals surface area contributed by atoms with Crippen LogP contribution >= 0.6 is 0 Å². The summed E-state index contributed by atoms with van der Waals surface area (Å²) in [4.78, 5) is 17.3. The largest absolute Gasteiger partial charge is 0.412 e. The quantitative estimate of drug-likeness (QED) is 0.294. The lowest BCUT2D eigenvalue weighted by molar-refractivity contribution is -2.00. The monoisotopic (exact) mass is 504 g/mol. The van der Waals surface area contributed by atoms with E-state index in [2.05, 4.69) is 31.0 Å². The first kappa shape index (κ1) is 33.7. The molecule has 180 valence electrons. The maximum Gasteiger partial charge on any atom is 0.355 e. The zero-order valence-electron chi connectivity index (χ0n) is 15.6. The number of nitrogens with one attached hydrogen (secondary N) is 4. The van der Waals surface area contributed by atoms with Crippen molar-refractivity contribution in [3.05, 3.63) is 60.2 Å². The fraction of sp³-hybridized carbons (Fsp3) is 0. The normalized spacial score (nSPS) is 10.5. The highest BCUT2D eigenvalue weighted by Crippen LogP contribution is 1.83. The number of nitrogens with zero attached hydrogens (tertiary/aromatic N) is 2. The zero-order valence-corrected chi connectivity index (χ0v) is 17.1. The molecule has 0 aromatic carbocycles. The minimum atomic E-state index is -4.94. The van der Waals surface area contributed by atoms with Crippen LogP contribution in [0.5, 0.6) is 0 Å². The zero-order chi connectivity index (χ0) is 23.0. The number of hydrazone groups is 2. The Morgan fingerprint density at radius 3 is 1.28 bits per heavy atom. The molecule has 0 fully saturated rings. The lowest BCUT2D eigenvalue weighted by Gasteiger charge is -2.17. The van der Waals surface area contributed by atoms with E-state index < -0.39 is 26.5 Å². The number of carbonyl (C=O) groups is 1. The summed E-state index contributed by atoms with van der Waals surface area (Å²) < 4.78 is 67.9. The molecule has 17 nitrogen and oxygen atoms in total. The number of rotatable bonds is 4. The average molecular weight is 505 g/mol. The van der Waals surface area contributed by atoms with Gasteiger partial charge in [0.15, 0.2) is 12.4 Å². The summed E-state index contributed by atoms with van der Waals surface area (Å²) in [6, 6.07) is 10.6. The van der Waals surface area contributed by atoms with E-state index in [1.807, 2.05) is 36.4 Å². The predicted molar refractivity (Wildman–Crippen MR) is 80.1 cm³/mol. The lowest BCUT2D eigenvalue weighted by atomic mass is 10.4. The van der Waals surface area contributed by atoms with Crippen molar-refractivity contribution in [2.75, 3.05) is 0 Å². The van der Waals surface area contributed by atoms with Crippen LogP contribution in [0.3, 0.4) is 0 Å². The summed E-state index contributed by atoms with van der Waals surface area (Å²) in [5.74, 6) is 0. The number of pyridine rings is 2. The second kappa shape index (κ2) is 17.7. The lowest BCUT2D eigenvalue weighted by Crippen LogP contribution is -2.68. The Morgan fingerprint density at radius 2 is 1.03 bits per heavy atom. The van der Waals surface area contributed by atoms with Gasteiger partial charge in [-0.15, -0.1) is 20.5 Å². The van der Waals surface area contributed by atoms with Gasteiger partial charge in [-0.1, -0.05) is 0 Å². The van der Waals surface area contributed by atoms with Crippen molar-refractivity contribution in [2.45, 2.75) is 0 Å². The van der Waals surface area contributed by atoms with E-state index in [-0.39, 0.29) is 11.0 Å². The third-order valence-corrected chi connectivity index (χ3v) is 2.21. The van der Waals surface area contributed by atoms with Crippen molar-refractivity contribution in [2.24, 2.45) is 10.2 Å². The van der Waals surface area contributed by atoms with E-state index in [9.17, 15) is 4.79 Å². The molecular formula is C13H18Cl2N6O11. The maximum atomic E-state index is 11.4. The fourth-order valence-electron chi connectivity index (χ4n) is 1.32. The smallest absolute Gasteiger partial charge is 0.355 e. The van der Waals surface area contributed by atoms with Gasteiger partial charge >= 0.3 is 6.03 Å². The average Bonchev–Trinajstić information content (AvgIpc) is 2.61. The summed E-state index contributed by atoms with van der Waals surface area (Å²) in [5.41, 5.74) is 6.13. The molecule has 0 aliphatic heterocycles. The van der Waals surface area contributed by atoms with E-state index in [4.69, 9.17) is 37.3 Å². The van der Waals surface area contributed by atoms with Crippen LogP contribution < -0.4 is 58.1 Å². The van der Waals surface area contributed by atoms with Gasteiger partial charge in [-0.2, -0.15) is 10.2 Å². The van der Waals surface area contributed by atoms with E-state index in [0.29, 0.717) is 0 Å². The topological polar surface area (TPSA) is 342 Å². The Morgan fingerprint density at radius 1 is 0.719 bits per heavy atom. The highest BCUT2D eigenvalue weighted by Gasteiger charge is 1.97. The van der Waals surface area contributed by atoms with Crippen LogP contribution in [0.15, 0.2) is 59.0 Å². The van der Waals surface area contributed by atoms with Crippen LogP contribution in [0.25, 0.3) is 0 Å². The van der Waals surface area contributed by atoms with Crippen LogP contribution in [-0.4, -0.2) is 29.4 Å². The Kier molecular flexibility index (Phi) is 18.7. The number of hydrogen-bond acceptors (Lipinski definition) is 11. The highest BCUT2D eigenvalue weighted by molar-refractivity contribution is 5.80. The standard InChI is InChI=1S/C13H12N6O.2ClHO4.2H2O/c20-13(18-16-9-11-5-1-3-7-14-11)19-17-10-12-6-2-4-8-15-12;2*2-1(3,4)5;;/h1-10H,(H2,18,19,20);2*(H,2,3,4,5);2*1H2/b16-9+,17-10+;;;;. The van der Waals surface area contributed by atoms with Gasteiger partial charge in [-0.05, 0) is 12.1 Å².